The smallest absolute Gasteiger partial charge is 0.355 e. The highest BCUT2D eigenvalue weighted by molar-refractivity contribution is 7.13. The molecule has 0 fully saturated rings. The monoisotopic (exact) mass is 1740 g/mol. The molecule has 0 saturated carbocycles. The van der Waals surface area contributed by atoms with Crippen molar-refractivity contribution in [2.45, 2.75) is 284 Å². The average molecular weight is 1750 g/mol. The second-order valence-corrected chi connectivity index (χ2v) is 43.6. The van der Waals surface area contributed by atoms with Crippen LogP contribution in [0.1, 0.15) is 255 Å². The van der Waals surface area contributed by atoms with Crippen LogP contribution in [0, 0.1) is 54.1 Å². The van der Waals surface area contributed by atoms with Gasteiger partial charge < -0.3 is 41.7 Å². The van der Waals surface area contributed by atoms with Gasteiger partial charge in [-0.15, -0.1) is 46.4 Å². The number of allylic oxidation sites excluding steroid dienone is 1. The van der Waals surface area contributed by atoms with E-state index in [4.69, 9.17) is 46.4 Å². The van der Waals surface area contributed by atoms with Gasteiger partial charge in [-0.3, -0.25) is 51.9 Å². The molecule has 1 aromatic heterocycles. The van der Waals surface area contributed by atoms with Crippen LogP contribution in [0.2, 0.25) is 0 Å². The van der Waals surface area contributed by atoms with E-state index >= 15 is 0 Å². The van der Waals surface area contributed by atoms with Gasteiger partial charge in [-0.05, 0) is 125 Å². The van der Waals surface area contributed by atoms with Crippen molar-refractivity contribution in [3.8, 4) is 0 Å². The Bertz CT molecular complexity index is 3250. The molecule has 19 nitrogen and oxygen atoms in total. The van der Waals surface area contributed by atoms with Gasteiger partial charge in [0.1, 0.15) is 27.6 Å². The third-order valence-electron chi connectivity index (χ3n) is 13.5. The molecule has 6 N–H and O–H groups in total. The number of rotatable bonds is 21. The van der Waals surface area contributed by atoms with Crippen molar-refractivity contribution in [2.24, 2.45) is 54.1 Å². The van der Waals surface area contributed by atoms with Gasteiger partial charge in [0.25, 0.3) is 11.5 Å². The zero-order chi connectivity index (χ0) is 94.1. The molecule has 0 saturated heterocycles. The number of likely N-dealkylation sites (N-methyl/N-ethyl adjacent to an activating group) is 2. The third kappa shape index (κ3) is 90.3. The van der Waals surface area contributed by atoms with Crippen LogP contribution >= 0.6 is 57.9 Å². The Labute approximate surface area is 725 Å². The minimum Gasteiger partial charge on any atom is -0.355 e. The summed E-state index contributed by atoms with van der Waals surface area (Å²) in [6.07, 6.45) is 2.02. The highest BCUT2D eigenvalue weighted by Gasteiger charge is 2.37. The fourth-order valence-corrected chi connectivity index (χ4v) is 8.42. The highest BCUT2D eigenvalue weighted by Crippen LogP contribution is 2.26. The van der Waals surface area contributed by atoms with Gasteiger partial charge in [-0.2, -0.15) is 13.2 Å². The Balaban J connectivity index is -0.000000187. The molecule has 1 unspecified atom stereocenters. The summed E-state index contributed by atoms with van der Waals surface area (Å²) < 4.78 is 38.8. The van der Waals surface area contributed by atoms with Crippen molar-refractivity contribution in [2.75, 3.05) is 72.3 Å². The fraction of sp³-hybridized carbons (Fsp3) is 0.708. The number of carbonyl (C=O) groups is 9. The second kappa shape index (κ2) is 58.8. The number of nitrogens with zero attached hydrogens (tertiary/aromatic N) is 3. The van der Waals surface area contributed by atoms with Gasteiger partial charge in [-0.25, -0.2) is 0 Å². The maximum absolute atomic E-state index is 12.0. The van der Waals surface area contributed by atoms with Crippen LogP contribution in [0.25, 0.3) is 10.1 Å². The molecule has 27 heteroatoms. The lowest BCUT2D eigenvalue weighted by atomic mass is 9.90. The van der Waals surface area contributed by atoms with E-state index in [1.165, 1.54) is 18.2 Å². The first-order valence-electron chi connectivity index (χ1n) is 39.0. The topological polar surface area (TPSA) is 254 Å². The first-order chi connectivity index (χ1) is 51.5. The Morgan fingerprint density at radius 1 is 0.466 bits per heavy atom. The number of fused-ring (bicyclic) bond motifs is 1. The Kier molecular flexibility index (Phi) is 63.7. The van der Waals surface area contributed by atoms with Crippen molar-refractivity contribution < 1.29 is 56.3 Å². The van der Waals surface area contributed by atoms with Crippen molar-refractivity contribution >= 4 is 121 Å². The summed E-state index contributed by atoms with van der Waals surface area (Å²) in [5.41, 5.74) is 0.618. The fourth-order valence-electron chi connectivity index (χ4n) is 6.83. The first-order valence-corrected chi connectivity index (χ1v) is 41.6. The number of hydrogen-bond donors (Lipinski definition) is 6. The van der Waals surface area contributed by atoms with Crippen molar-refractivity contribution in [1.29, 1.82) is 0 Å². The van der Waals surface area contributed by atoms with Crippen LogP contribution in [0.4, 0.5) is 13.2 Å². The minimum absolute atomic E-state index is 0.000694. The number of halogens is 7. The zero-order valence-corrected chi connectivity index (χ0v) is 82.3. The molecule has 1 aromatic carbocycles. The number of alkyl halides is 7. The maximum Gasteiger partial charge on any atom is 0.421 e. The molecule has 0 aliphatic rings. The van der Waals surface area contributed by atoms with Crippen LogP contribution in [-0.2, 0) is 49.7 Å². The van der Waals surface area contributed by atoms with E-state index in [0.717, 1.165) is 42.6 Å². The lowest BCUT2D eigenvalue weighted by Gasteiger charge is -2.25. The molecule has 116 heavy (non-hydrogen) atoms. The number of aromatic nitrogens is 1. The van der Waals surface area contributed by atoms with E-state index in [1.807, 2.05) is 49.0 Å². The molecule has 2 rings (SSSR count). The molecule has 2 aromatic rings. The molecule has 3 atom stereocenters. The molecule has 1 heterocycles. The van der Waals surface area contributed by atoms with Gasteiger partial charge in [0.05, 0.1) is 10.1 Å². The summed E-state index contributed by atoms with van der Waals surface area (Å²) in [6, 6.07) is 7.78. The van der Waals surface area contributed by atoms with Gasteiger partial charge in [-0.1, -0.05) is 264 Å². The number of benzene rings is 1. The van der Waals surface area contributed by atoms with E-state index < -0.39 is 33.8 Å². The molecular formula is C89H160Cl4F3N9O10S. The standard InChI is InChI=1S/C12H15NOS.C10H19NO.C9H14F3NO.2C9H17NO.C9H16O.3C8H16ClNO.C7H14ClNO/c1-12(2,3)8-13-11(14)9-6-4-5-7-10(9)15-13;1-6-9(12)11(5)8-7-10(2,3)4;1-6(9(10,11)12)7(14)13-5-8(2,3)4;1-7(2)8(11)10-6-9(3,4)5;1-6-8(11)10(5)7-9(2,3)4;1-5-8(10)6-7-9(2,3)4;3*1-6(9)7(11)10-5-8(2,3)4;1-7(2,3)5-9-6(10)4-8/h4-7H,8H2,1-3H3;6H,1,7-8H2,2-5H3;1,5H2,2-4H3,(H,13,14);1,6H2,2-5H3,(H,10,11);6H,1,7H2,2-5H3;5H,1,6-7H2,2-4H3;3*6H,5H2,1-4H3,(H,10,11);4-5H2,1-3H3,(H,9,10)/t;;;;;;2*6-;;/m......10../s1. The first kappa shape index (κ1) is 126. The summed E-state index contributed by atoms with van der Waals surface area (Å²) in [5.74, 6) is -1.42. The van der Waals surface area contributed by atoms with Gasteiger partial charge >= 0.3 is 6.18 Å². The van der Waals surface area contributed by atoms with Crippen molar-refractivity contribution in [3.05, 3.63) is 96.9 Å². The highest BCUT2D eigenvalue weighted by atomic mass is 35.5. The number of ketones is 1. The average Bonchev–Trinajstić information content (AvgIpc) is 1.66. The van der Waals surface area contributed by atoms with E-state index in [-0.39, 0.29) is 119 Å². The molecular weight excluding hydrogens is 1590 g/mol. The summed E-state index contributed by atoms with van der Waals surface area (Å²) in [4.78, 5) is 113. The largest absolute Gasteiger partial charge is 0.421 e. The predicted octanol–water partition coefficient (Wildman–Crippen LogP) is 20.1. The Morgan fingerprint density at radius 2 is 0.784 bits per heavy atom. The number of amides is 8. The van der Waals surface area contributed by atoms with E-state index in [0.29, 0.717) is 44.7 Å². The SMILES string of the molecule is C=C(C(=O)NCC(C)(C)C)C(F)(F)F.C=C(C)C(=O)NCC(C)(C)C.C=CC(=O)CCC(C)(C)C.C=CC(=O)N(C)CC(C)(C)C.C=CC(=O)N(C)CCC(C)(C)C.CC(C)(C)CNC(=O)CCl.CC(C)(C)Cn1sc2ccccc2c1=O.CC(Cl)C(=O)NCC(C)(C)C.C[C@@H](Cl)C(=O)NCC(C)(C)C.C[C@H](Cl)C(=O)NCC(C)(C)C. The van der Waals surface area contributed by atoms with Gasteiger partial charge in [0, 0.05) is 85.0 Å². The van der Waals surface area contributed by atoms with Crippen LogP contribution in [-0.4, -0.2) is 161 Å². The molecule has 0 aliphatic heterocycles. The summed E-state index contributed by atoms with van der Waals surface area (Å²) >= 11 is 23.5. The van der Waals surface area contributed by atoms with Crippen LogP contribution in [0.5, 0.6) is 0 Å². The number of carbonyl (C=O) groups excluding carboxylic acids is 9. The van der Waals surface area contributed by atoms with Gasteiger partial charge in [0.15, 0.2) is 5.78 Å². The Hall–Kier alpha value is -6.01. The van der Waals surface area contributed by atoms with E-state index in [1.54, 1.807) is 63.1 Å². The third-order valence-corrected chi connectivity index (χ3v) is 15.4. The van der Waals surface area contributed by atoms with E-state index in [2.05, 4.69) is 252 Å². The summed E-state index contributed by atoms with van der Waals surface area (Å²) in [7, 11) is 3.59. The quantitative estimate of drug-likeness (QED) is 0.0509. The second-order valence-electron chi connectivity index (χ2n) is 40.4. The molecule has 0 bridgehead atoms. The van der Waals surface area contributed by atoms with Crippen molar-refractivity contribution in [1.82, 2.24) is 45.7 Å². The predicted molar refractivity (Wildman–Crippen MR) is 490 cm³/mol. The molecule has 0 radical (unpaired) electrons. The Morgan fingerprint density at radius 3 is 1.05 bits per heavy atom. The molecule has 8 amide bonds. The zero-order valence-electron chi connectivity index (χ0n) is 78.5. The van der Waals surface area contributed by atoms with E-state index in [9.17, 15) is 61.1 Å². The molecule has 0 spiro atoms. The molecule has 0 aliphatic carbocycles. The number of hydrogen-bond acceptors (Lipinski definition) is 11. The lowest BCUT2D eigenvalue weighted by molar-refractivity contribution is -0.131. The summed E-state index contributed by atoms with van der Waals surface area (Å²) in [6.45, 7) is 91.1. The van der Waals surface area contributed by atoms with Crippen LogP contribution < -0.4 is 37.5 Å². The lowest BCUT2D eigenvalue weighted by Crippen LogP contribution is -2.36. The van der Waals surface area contributed by atoms with Gasteiger partial charge in [0.2, 0.25) is 41.4 Å². The maximum atomic E-state index is 12.0. The number of nitrogens with one attached hydrogen (secondary N) is 6. The summed E-state index contributed by atoms with van der Waals surface area (Å²) in [5, 5.41) is 15.4. The van der Waals surface area contributed by atoms with Crippen molar-refractivity contribution in [3.63, 3.8) is 0 Å². The minimum atomic E-state index is -4.65. The normalized spacial score (nSPS) is 12.3. The molecule has 676 valence electrons. The van der Waals surface area contributed by atoms with Crippen LogP contribution in [0.3, 0.4) is 0 Å². The van der Waals surface area contributed by atoms with Crippen LogP contribution in [0.15, 0.2) is 91.3 Å².